The molecule has 0 atom stereocenters. The van der Waals surface area contributed by atoms with E-state index >= 15 is 0 Å². The van der Waals surface area contributed by atoms with Crippen molar-refractivity contribution in [1.82, 2.24) is 0 Å². The Hall–Kier alpha value is -1.79. The maximum atomic E-state index is 10.7. The quantitative estimate of drug-likeness (QED) is 0.413. The van der Waals surface area contributed by atoms with Crippen molar-refractivity contribution in [3.8, 4) is 11.8 Å². The van der Waals surface area contributed by atoms with Gasteiger partial charge in [0.1, 0.15) is 6.29 Å². The van der Waals surface area contributed by atoms with Crippen LogP contribution in [0.15, 0.2) is 18.2 Å². The van der Waals surface area contributed by atoms with Gasteiger partial charge in [0.2, 0.25) is 0 Å². The molecule has 4 heteroatoms. The minimum absolute atomic E-state index is 0.397. The van der Waals surface area contributed by atoms with Crippen LogP contribution in [0.4, 0.5) is 0 Å². The molecule has 0 radical (unpaired) electrons. The normalized spacial score (nSPS) is 8.67. The fraction of sp³-hybridized carbons (Fsp3) is 0.0909. The third-order valence-corrected chi connectivity index (χ3v) is 1.77. The van der Waals surface area contributed by atoms with E-state index < -0.39 is 5.97 Å². The Morgan fingerprint density at radius 1 is 1.47 bits per heavy atom. The zero-order valence-corrected chi connectivity index (χ0v) is 8.67. The summed E-state index contributed by atoms with van der Waals surface area (Å²) in [6, 6.07) is 4.61. The van der Waals surface area contributed by atoms with Crippen molar-refractivity contribution in [2.75, 3.05) is 7.11 Å². The second kappa shape index (κ2) is 5.18. The lowest BCUT2D eigenvalue weighted by Crippen LogP contribution is -1.94. The van der Waals surface area contributed by atoms with Gasteiger partial charge in [0, 0.05) is 22.1 Å². The summed E-state index contributed by atoms with van der Waals surface area (Å²) in [6.07, 6.45) is 0.662. The van der Waals surface area contributed by atoms with Crippen LogP contribution in [0, 0.1) is 11.8 Å². The Morgan fingerprint density at radius 3 is 2.80 bits per heavy atom. The fourth-order valence-electron chi connectivity index (χ4n) is 0.927. The summed E-state index contributed by atoms with van der Waals surface area (Å²) in [6.45, 7) is 0. The smallest absolute Gasteiger partial charge is 0.384 e. The molecule has 1 rings (SSSR count). The predicted octanol–water partition coefficient (Wildman–Crippen LogP) is 1.68. The molecule has 1 aromatic rings. The maximum Gasteiger partial charge on any atom is 0.384 e. The van der Waals surface area contributed by atoms with Crippen LogP contribution in [-0.4, -0.2) is 19.4 Å². The molecule has 0 saturated heterocycles. The van der Waals surface area contributed by atoms with Crippen molar-refractivity contribution in [3.05, 3.63) is 34.3 Å². The minimum atomic E-state index is -0.636. The highest BCUT2D eigenvalue weighted by molar-refractivity contribution is 6.31. The molecule has 0 heterocycles. The van der Waals surface area contributed by atoms with Gasteiger partial charge in [0.15, 0.2) is 0 Å². The summed E-state index contributed by atoms with van der Waals surface area (Å²) in [7, 11) is 1.24. The number of ether oxygens (including phenoxy) is 1. The van der Waals surface area contributed by atoms with E-state index in [-0.39, 0.29) is 0 Å². The van der Waals surface area contributed by atoms with Crippen molar-refractivity contribution in [1.29, 1.82) is 0 Å². The van der Waals surface area contributed by atoms with Crippen LogP contribution in [-0.2, 0) is 9.53 Å². The topological polar surface area (TPSA) is 43.4 Å². The summed E-state index contributed by atoms with van der Waals surface area (Å²) in [5.41, 5.74) is 0.909. The van der Waals surface area contributed by atoms with Gasteiger partial charge >= 0.3 is 5.97 Å². The SMILES string of the molecule is COC(=O)C#Cc1cc(Cl)cc(C=O)c1. The highest BCUT2D eigenvalue weighted by Crippen LogP contribution is 2.13. The first-order valence-electron chi connectivity index (χ1n) is 4.01. The molecule has 3 nitrogen and oxygen atoms in total. The van der Waals surface area contributed by atoms with E-state index in [0.717, 1.165) is 0 Å². The molecule has 0 saturated carbocycles. The highest BCUT2D eigenvalue weighted by Gasteiger charge is 1.97. The van der Waals surface area contributed by atoms with Gasteiger partial charge < -0.3 is 4.74 Å². The molecule has 0 unspecified atom stereocenters. The van der Waals surface area contributed by atoms with E-state index in [2.05, 4.69) is 16.6 Å². The van der Waals surface area contributed by atoms with Gasteiger partial charge in [0.05, 0.1) is 7.11 Å². The Kier molecular flexibility index (Phi) is 3.90. The van der Waals surface area contributed by atoms with Crippen LogP contribution in [0.25, 0.3) is 0 Å². The first kappa shape index (κ1) is 11.3. The van der Waals surface area contributed by atoms with Crippen molar-refractivity contribution >= 4 is 23.9 Å². The Bertz CT molecular complexity index is 455. The van der Waals surface area contributed by atoms with Crippen molar-refractivity contribution in [3.63, 3.8) is 0 Å². The molecule has 0 aliphatic carbocycles. The van der Waals surface area contributed by atoms with Crippen LogP contribution in [0.2, 0.25) is 5.02 Å². The largest absolute Gasteiger partial charge is 0.459 e. The minimum Gasteiger partial charge on any atom is -0.459 e. The van der Waals surface area contributed by atoms with Gasteiger partial charge in [-0.15, -0.1) is 0 Å². The number of esters is 1. The van der Waals surface area contributed by atoms with Crippen LogP contribution in [0.5, 0.6) is 0 Å². The van der Waals surface area contributed by atoms with E-state index in [4.69, 9.17) is 11.6 Å². The van der Waals surface area contributed by atoms with E-state index in [1.165, 1.54) is 19.2 Å². The van der Waals surface area contributed by atoms with E-state index in [1.807, 2.05) is 0 Å². The van der Waals surface area contributed by atoms with Crippen molar-refractivity contribution < 1.29 is 14.3 Å². The number of hydrogen-bond acceptors (Lipinski definition) is 3. The average Bonchev–Trinajstić information content (AvgIpc) is 2.25. The van der Waals surface area contributed by atoms with Crippen molar-refractivity contribution in [2.24, 2.45) is 0 Å². The number of carbonyl (C=O) groups is 2. The number of rotatable bonds is 1. The molecular weight excluding hydrogens is 216 g/mol. The Morgan fingerprint density at radius 2 is 2.20 bits per heavy atom. The van der Waals surface area contributed by atoms with E-state index in [9.17, 15) is 9.59 Å². The van der Waals surface area contributed by atoms with Crippen LogP contribution >= 0.6 is 11.6 Å². The molecule has 0 amide bonds. The average molecular weight is 223 g/mol. The summed E-state index contributed by atoms with van der Waals surface area (Å²) in [5.74, 6) is 4.15. The highest BCUT2D eigenvalue weighted by atomic mass is 35.5. The first-order valence-corrected chi connectivity index (χ1v) is 4.39. The lowest BCUT2D eigenvalue weighted by molar-refractivity contribution is -0.133. The molecular formula is C11H7ClO3. The third-order valence-electron chi connectivity index (χ3n) is 1.55. The standard InChI is InChI=1S/C11H7ClO3/c1-15-11(14)3-2-8-4-9(7-13)6-10(12)5-8/h4-7H,1H3. The van der Waals surface area contributed by atoms with Gasteiger partial charge in [0.25, 0.3) is 0 Å². The fourth-order valence-corrected chi connectivity index (χ4v) is 1.17. The number of methoxy groups -OCH3 is 1. The molecule has 0 aliphatic heterocycles. The number of halogens is 1. The molecule has 0 aliphatic rings. The summed E-state index contributed by atoms with van der Waals surface area (Å²) >= 11 is 5.74. The zero-order valence-electron chi connectivity index (χ0n) is 7.91. The molecule has 0 fully saturated rings. The van der Waals surface area contributed by atoms with E-state index in [0.29, 0.717) is 22.4 Å². The third kappa shape index (κ3) is 3.45. The lowest BCUT2D eigenvalue weighted by Gasteiger charge is -1.94. The summed E-state index contributed by atoms with van der Waals surface area (Å²) < 4.78 is 4.34. The second-order valence-electron chi connectivity index (χ2n) is 2.63. The lowest BCUT2D eigenvalue weighted by atomic mass is 10.1. The number of aldehydes is 1. The molecule has 15 heavy (non-hydrogen) atoms. The second-order valence-corrected chi connectivity index (χ2v) is 3.07. The maximum absolute atomic E-state index is 10.7. The van der Waals surface area contributed by atoms with E-state index in [1.54, 1.807) is 6.07 Å². The Balaban J connectivity index is 3.03. The van der Waals surface area contributed by atoms with Crippen molar-refractivity contribution in [2.45, 2.75) is 0 Å². The zero-order chi connectivity index (χ0) is 11.3. The van der Waals surface area contributed by atoms with Gasteiger partial charge in [-0.1, -0.05) is 17.5 Å². The molecule has 1 aromatic carbocycles. The number of carbonyl (C=O) groups excluding carboxylic acids is 2. The molecule has 0 aromatic heterocycles. The molecule has 0 spiro atoms. The van der Waals surface area contributed by atoms with Crippen LogP contribution in [0.3, 0.4) is 0 Å². The van der Waals surface area contributed by atoms with Gasteiger partial charge in [-0.2, -0.15) is 0 Å². The van der Waals surface area contributed by atoms with Gasteiger partial charge in [-0.25, -0.2) is 4.79 Å². The number of hydrogen-bond donors (Lipinski definition) is 0. The summed E-state index contributed by atoms with van der Waals surface area (Å²) in [5, 5.41) is 0.397. The number of benzene rings is 1. The van der Waals surface area contributed by atoms with Gasteiger partial charge in [-0.05, 0) is 18.2 Å². The molecule has 76 valence electrons. The first-order chi connectivity index (χ1) is 7.15. The predicted molar refractivity (Wildman–Crippen MR) is 55.7 cm³/mol. The van der Waals surface area contributed by atoms with Gasteiger partial charge in [-0.3, -0.25) is 4.79 Å². The molecule has 0 bridgehead atoms. The van der Waals surface area contributed by atoms with Crippen LogP contribution in [0.1, 0.15) is 15.9 Å². The monoisotopic (exact) mass is 222 g/mol. The Labute approximate surface area is 92.0 Å². The molecule has 0 N–H and O–H groups in total. The summed E-state index contributed by atoms with van der Waals surface area (Å²) in [4.78, 5) is 21.2. The van der Waals surface area contributed by atoms with Crippen LogP contribution < -0.4 is 0 Å².